The Kier molecular flexibility index (Phi) is 5.30. The molecule has 0 atom stereocenters. The second kappa shape index (κ2) is 8.07. The number of halogens is 1. The highest BCUT2D eigenvalue weighted by Gasteiger charge is 2.35. The fourth-order valence-electron chi connectivity index (χ4n) is 3.07. The highest BCUT2D eigenvalue weighted by atomic mass is 79.9. The molecule has 9 nitrogen and oxygen atoms in total. The molecule has 1 saturated heterocycles. The molecule has 0 radical (unpaired) electrons. The quantitative estimate of drug-likeness (QED) is 0.253. The number of hydrogen-bond donors (Lipinski definition) is 1. The zero-order valence-corrected chi connectivity index (χ0v) is 17.6. The van der Waals surface area contributed by atoms with Gasteiger partial charge in [-0.1, -0.05) is 22.0 Å². The zero-order chi connectivity index (χ0) is 22.1. The van der Waals surface area contributed by atoms with Crippen LogP contribution in [0.2, 0.25) is 0 Å². The summed E-state index contributed by atoms with van der Waals surface area (Å²) in [5, 5.41) is 12.6. The van der Waals surface area contributed by atoms with Crippen LogP contribution in [0.1, 0.15) is 5.76 Å². The second-order valence-electron chi connectivity index (χ2n) is 6.46. The Morgan fingerprint density at radius 2 is 1.97 bits per heavy atom. The molecule has 1 aliphatic rings. The van der Waals surface area contributed by atoms with Gasteiger partial charge in [0.25, 0.3) is 17.5 Å². The number of carbonyl (C=O) groups excluding carboxylic acids is 2. The van der Waals surface area contributed by atoms with Crippen LogP contribution in [0.3, 0.4) is 0 Å². The van der Waals surface area contributed by atoms with Crippen molar-refractivity contribution in [2.24, 2.45) is 0 Å². The van der Waals surface area contributed by atoms with Gasteiger partial charge in [-0.3, -0.25) is 25.1 Å². The summed E-state index contributed by atoms with van der Waals surface area (Å²) in [5.74, 6) is -0.370. The first-order valence-corrected chi connectivity index (χ1v) is 9.72. The number of methoxy groups -OCH3 is 1. The summed E-state index contributed by atoms with van der Waals surface area (Å²) in [5.41, 5.74) is 2.93. The van der Waals surface area contributed by atoms with Crippen LogP contribution in [0.25, 0.3) is 17.4 Å². The molecule has 0 unspecified atom stereocenters. The summed E-state index contributed by atoms with van der Waals surface area (Å²) in [6, 6.07) is 14.3. The number of ether oxygens (including phenoxy) is 1. The number of furan rings is 1. The molecule has 0 bridgehead atoms. The van der Waals surface area contributed by atoms with E-state index in [-0.39, 0.29) is 28.3 Å². The third-order valence-electron chi connectivity index (χ3n) is 4.54. The van der Waals surface area contributed by atoms with Crippen molar-refractivity contribution >= 4 is 45.2 Å². The Morgan fingerprint density at radius 3 is 2.68 bits per heavy atom. The number of amides is 2. The van der Waals surface area contributed by atoms with Gasteiger partial charge in [-0.25, -0.2) is 5.01 Å². The minimum Gasteiger partial charge on any atom is -0.497 e. The first-order valence-electron chi connectivity index (χ1n) is 8.92. The van der Waals surface area contributed by atoms with Gasteiger partial charge in [0.05, 0.1) is 29.4 Å². The van der Waals surface area contributed by atoms with Gasteiger partial charge < -0.3 is 9.15 Å². The monoisotopic (exact) mass is 483 g/mol. The summed E-state index contributed by atoms with van der Waals surface area (Å²) in [7, 11) is 1.41. The van der Waals surface area contributed by atoms with E-state index in [1.807, 2.05) is 0 Å². The molecule has 1 aliphatic heterocycles. The summed E-state index contributed by atoms with van der Waals surface area (Å²) in [6.45, 7) is 0. The number of hydrazine groups is 1. The number of benzene rings is 2. The van der Waals surface area contributed by atoms with Gasteiger partial charge in [0.2, 0.25) is 0 Å². The lowest BCUT2D eigenvalue weighted by Crippen LogP contribution is -2.35. The lowest BCUT2D eigenvalue weighted by Gasteiger charge is -2.14. The minimum atomic E-state index is -0.585. The minimum absolute atomic E-state index is 0.120. The first-order chi connectivity index (χ1) is 14.9. The number of nitro benzene ring substituents is 1. The standard InChI is InChI=1S/C21H14BrN3O6/c1-30-14-5-7-16(18(11-14)25(28)29)19-8-6-15(31-19)10-17-20(26)23-24(21(17)27)13-4-2-3-12(22)9-13/h2-11H,1H3,(H,23,26)/b17-10-. The Labute approximate surface area is 184 Å². The van der Waals surface area contributed by atoms with E-state index in [1.165, 1.54) is 37.5 Å². The number of nitrogens with zero attached hydrogens (tertiary/aromatic N) is 2. The molecule has 156 valence electrons. The number of anilines is 1. The molecule has 0 saturated carbocycles. The van der Waals surface area contributed by atoms with E-state index in [0.717, 1.165) is 9.48 Å². The van der Waals surface area contributed by atoms with Gasteiger partial charge in [-0.05, 0) is 48.5 Å². The van der Waals surface area contributed by atoms with Crippen molar-refractivity contribution in [2.45, 2.75) is 0 Å². The predicted molar refractivity (Wildman–Crippen MR) is 115 cm³/mol. The number of carbonyl (C=O) groups is 2. The molecule has 4 rings (SSSR count). The molecule has 0 spiro atoms. The largest absolute Gasteiger partial charge is 0.497 e. The summed E-state index contributed by atoms with van der Waals surface area (Å²) < 4.78 is 11.5. The smallest absolute Gasteiger partial charge is 0.284 e. The fourth-order valence-corrected chi connectivity index (χ4v) is 3.46. The SMILES string of the molecule is COc1ccc(-c2ccc(/C=C3/C(=O)NN(c4cccc(Br)c4)C3=O)o2)c([N+](=O)[O-])c1. The van der Waals surface area contributed by atoms with Crippen LogP contribution in [-0.4, -0.2) is 23.8 Å². The maximum atomic E-state index is 12.7. The van der Waals surface area contributed by atoms with Gasteiger partial charge in [0.15, 0.2) is 0 Å². The van der Waals surface area contributed by atoms with Crippen LogP contribution in [0, 0.1) is 10.1 Å². The Hall–Kier alpha value is -3.92. The van der Waals surface area contributed by atoms with E-state index in [0.29, 0.717) is 11.4 Å². The third kappa shape index (κ3) is 3.92. The highest BCUT2D eigenvalue weighted by Crippen LogP contribution is 2.34. The number of nitrogens with one attached hydrogen (secondary N) is 1. The van der Waals surface area contributed by atoms with E-state index in [2.05, 4.69) is 21.4 Å². The van der Waals surface area contributed by atoms with Crippen molar-refractivity contribution in [3.8, 4) is 17.1 Å². The van der Waals surface area contributed by atoms with Gasteiger partial charge in [0.1, 0.15) is 22.8 Å². The fraction of sp³-hybridized carbons (Fsp3) is 0.0476. The van der Waals surface area contributed by atoms with Gasteiger partial charge in [-0.15, -0.1) is 0 Å². The molecule has 10 heteroatoms. The molecular weight excluding hydrogens is 470 g/mol. The Bertz CT molecular complexity index is 1250. The van der Waals surface area contributed by atoms with Crippen LogP contribution in [0.5, 0.6) is 5.75 Å². The first kappa shape index (κ1) is 20.4. The van der Waals surface area contributed by atoms with Crippen molar-refractivity contribution in [2.75, 3.05) is 12.1 Å². The van der Waals surface area contributed by atoms with Crippen molar-refractivity contribution in [3.63, 3.8) is 0 Å². The molecule has 2 amide bonds. The van der Waals surface area contributed by atoms with Crippen LogP contribution in [0.15, 0.2) is 69.1 Å². The van der Waals surface area contributed by atoms with E-state index >= 15 is 0 Å². The molecule has 31 heavy (non-hydrogen) atoms. The molecule has 2 aromatic carbocycles. The van der Waals surface area contributed by atoms with Gasteiger partial charge in [-0.2, -0.15) is 0 Å². The van der Waals surface area contributed by atoms with Gasteiger partial charge in [0, 0.05) is 4.47 Å². The molecule has 3 aromatic rings. The third-order valence-corrected chi connectivity index (χ3v) is 5.03. The van der Waals surface area contributed by atoms with Crippen molar-refractivity contribution < 1.29 is 23.7 Å². The van der Waals surface area contributed by atoms with E-state index in [1.54, 1.807) is 30.3 Å². The lowest BCUT2D eigenvalue weighted by molar-refractivity contribution is -0.384. The predicted octanol–water partition coefficient (Wildman–Crippen LogP) is 4.09. The van der Waals surface area contributed by atoms with Gasteiger partial charge >= 0.3 is 0 Å². The van der Waals surface area contributed by atoms with Crippen molar-refractivity contribution in [3.05, 3.63) is 80.5 Å². The van der Waals surface area contributed by atoms with Crippen LogP contribution in [0.4, 0.5) is 11.4 Å². The molecule has 1 fully saturated rings. The van der Waals surface area contributed by atoms with E-state index in [9.17, 15) is 19.7 Å². The summed E-state index contributed by atoms with van der Waals surface area (Å²) >= 11 is 3.33. The summed E-state index contributed by atoms with van der Waals surface area (Å²) in [4.78, 5) is 36.0. The van der Waals surface area contributed by atoms with E-state index < -0.39 is 16.7 Å². The Balaban J connectivity index is 1.65. The molecule has 0 aliphatic carbocycles. The zero-order valence-electron chi connectivity index (χ0n) is 16.0. The van der Waals surface area contributed by atoms with Crippen LogP contribution in [-0.2, 0) is 9.59 Å². The molecule has 2 heterocycles. The van der Waals surface area contributed by atoms with Crippen LogP contribution >= 0.6 is 15.9 Å². The normalized spacial score (nSPS) is 14.8. The van der Waals surface area contributed by atoms with Crippen LogP contribution < -0.4 is 15.2 Å². The number of nitro groups is 1. The highest BCUT2D eigenvalue weighted by molar-refractivity contribution is 9.10. The lowest BCUT2D eigenvalue weighted by atomic mass is 10.1. The topological polar surface area (TPSA) is 115 Å². The average Bonchev–Trinajstić information content (AvgIpc) is 3.33. The van der Waals surface area contributed by atoms with Crippen molar-refractivity contribution in [1.82, 2.24) is 5.43 Å². The molecule has 1 aromatic heterocycles. The maximum absolute atomic E-state index is 12.7. The van der Waals surface area contributed by atoms with Crippen molar-refractivity contribution in [1.29, 1.82) is 0 Å². The second-order valence-corrected chi connectivity index (χ2v) is 7.38. The Morgan fingerprint density at radius 1 is 1.16 bits per heavy atom. The average molecular weight is 484 g/mol. The number of rotatable bonds is 5. The summed E-state index contributed by atoms with van der Waals surface area (Å²) in [6.07, 6.45) is 1.30. The molecule has 1 N–H and O–H groups in total. The molecular formula is C21H14BrN3O6. The van der Waals surface area contributed by atoms with E-state index in [4.69, 9.17) is 9.15 Å². The maximum Gasteiger partial charge on any atom is 0.284 e. The number of hydrogen-bond acceptors (Lipinski definition) is 6.